The fourth-order valence-corrected chi connectivity index (χ4v) is 1.60. The lowest BCUT2D eigenvalue weighted by Crippen LogP contribution is -2.00. The van der Waals surface area contributed by atoms with Crippen LogP contribution in [-0.2, 0) is 6.61 Å². The highest BCUT2D eigenvalue weighted by atomic mass is 19.1. The Kier molecular flexibility index (Phi) is 3.62. The number of nitriles is 1. The van der Waals surface area contributed by atoms with Crippen LogP contribution in [0, 0.1) is 23.0 Å². The van der Waals surface area contributed by atoms with Gasteiger partial charge in [-0.05, 0) is 35.9 Å². The van der Waals surface area contributed by atoms with Crippen LogP contribution in [0.25, 0.3) is 0 Å². The number of nitrogens with two attached hydrogens (primary N) is 1. The highest BCUT2D eigenvalue weighted by molar-refractivity contribution is 5.56. The molecule has 0 radical (unpaired) electrons. The second-order valence-corrected chi connectivity index (χ2v) is 3.93. The number of hydrogen-bond donors (Lipinski definition) is 1. The average Bonchev–Trinajstić information content (AvgIpc) is 2.36. The average molecular weight is 260 g/mol. The second kappa shape index (κ2) is 5.36. The summed E-state index contributed by atoms with van der Waals surface area (Å²) in [6.07, 6.45) is 0. The lowest BCUT2D eigenvalue weighted by Gasteiger charge is -2.09. The molecule has 5 heteroatoms. The third kappa shape index (κ3) is 3.19. The van der Waals surface area contributed by atoms with E-state index in [9.17, 15) is 8.78 Å². The van der Waals surface area contributed by atoms with Gasteiger partial charge in [0.15, 0.2) is 0 Å². The molecule has 0 spiro atoms. The molecule has 0 aliphatic heterocycles. The summed E-state index contributed by atoms with van der Waals surface area (Å²) in [5.41, 5.74) is 6.78. The van der Waals surface area contributed by atoms with Crippen molar-refractivity contribution in [3.63, 3.8) is 0 Å². The van der Waals surface area contributed by atoms with Gasteiger partial charge in [-0.2, -0.15) is 5.26 Å². The van der Waals surface area contributed by atoms with Crippen molar-refractivity contribution >= 4 is 5.69 Å². The van der Waals surface area contributed by atoms with E-state index in [0.29, 0.717) is 22.6 Å². The molecule has 96 valence electrons. The number of anilines is 1. The molecule has 0 aliphatic carbocycles. The van der Waals surface area contributed by atoms with E-state index >= 15 is 0 Å². The Morgan fingerprint density at radius 2 is 1.79 bits per heavy atom. The Labute approximate surface area is 108 Å². The number of halogens is 2. The molecule has 0 bridgehead atoms. The van der Waals surface area contributed by atoms with E-state index in [4.69, 9.17) is 15.7 Å². The molecule has 0 saturated heterocycles. The monoisotopic (exact) mass is 260 g/mol. The van der Waals surface area contributed by atoms with Gasteiger partial charge in [-0.15, -0.1) is 0 Å². The largest absolute Gasteiger partial charge is 0.487 e. The molecule has 2 aromatic rings. The molecule has 2 rings (SSSR count). The van der Waals surface area contributed by atoms with Crippen LogP contribution >= 0.6 is 0 Å². The minimum Gasteiger partial charge on any atom is -0.487 e. The highest BCUT2D eigenvalue weighted by Gasteiger charge is 2.05. The van der Waals surface area contributed by atoms with Crippen molar-refractivity contribution in [1.29, 1.82) is 5.26 Å². The van der Waals surface area contributed by atoms with Crippen LogP contribution in [0.15, 0.2) is 36.4 Å². The lowest BCUT2D eigenvalue weighted by atomic mass is 10.2. The summed E-state index contributed by atoms with van der Waals surface area (Å²) < 4.78 is 31.3. The Morgan fingerprint density at radius 3 is 2.37 bits per heavy atom. The molecule has 2 N–H and O–H groups in total. The van der Waals surface area contributed by atoms with E-state index < -0.39 is 11.6 Å². The van der Waals surface area contributed by atoms with Gasteiger partial charge < -0.3 is 10.5 Å². The first kappa shape index (κ1) is 12.8. The normalized spacial score (nSPS) is 9.95. The maximum Gasteiger partial charge on any atom is 0.142 e. The van der Waals surface area contributed by atoms with E-state index in [0.717, 1.165) is 6.07 Å². The van der Waals surface area contributed by atoms with Gasteiger partial charge in [-0.1, -0.05) is 0 Å². The number of rotatable bonds is 3. The first-order chi connectivity index (χ1) is 9.08. The van der Waals surface area contributed by atoms with Gasteiger partial charge in [0, 0.05) is 6.07 Å². The molecular formula is C14H10F2N2O. The zero-order valence-corrected chi connectivity index (χ0v) is 9.86. The molecule has 0 atom stereocenters. The molecule has 2 aromatic carbocycles. The molecule has 0 fully saturated rings. The van der Waals surface area contributed by atoms with Gasteiger partial charge in [0.1, 0.15) is 24.0 Å². The van der Waals surface area contributed by atoms with Gasteiger partial charge in [0.05, 0.1) is 17.3 Å². The minimum atomic E-state index is -0.661. The summed E-state index contributed by atoms with van der Waals surface area (Å²) in [4.78, 5) is 0. The van der Waals surface area contributed by atoms with Gasteiger partial charge in [-0.25, -0.2) is 8.78 Å². The Hall–Kier alpha value is -2.61. The van der Waals surface area contributed by atoms with Gasteiger partial charge in [0.25, 0.3) is 0 Å². The summed E-state index contributed by atoms with van der Waals surface area (Å²) in [5, 5.41) is 8.69. The number of nitrogen functional groups attached to an aromatic ring is 1. The number of benzene rings is 2. The molecule has 0 unspecified atom stereocenters. The lowest BCUT2D eigenvalue weighted by molar-refractivity contribution is 0.306. The van der Waals surface area contributed by atoms with Crippen molar-refractivity contribution in [2.24, 2.45) is 0 Å². The SMILES string of the molecule is N#Cc1ccc(OCc2cc(F)cc(F)c2)c(N)c1. The zero-order chi connectivity index (χ0) is 13.8. The molecule has 19 heavy (non-hydrogen) atoms. The zero-order valence-electron chi connectivity index (χ0n) is 9.86. The van der Waals surface area contributed by atoms with Gasteiger partial charge in [0.2, 0.25) is 0 Å². The second-order valence-electron chi connectivity index (χ2n) is 3.93. The van der Waals surface area contributed by atoms with Crippen molar-refractivity contribution in [3.05, 3.63) is 59.2 Å². The quantitative estimate of drug-likeness (QED) is 0.863. The molecule has 0 aromatic heterocycles. The topological polar surface area (TPSA) is 59.0 Å². The van der Waals surface area contributed by atoms with Crippen molar-refractivity contribution in [2.75, 3.05) is 5.73 Å². The Bertz CT molecular complexity index is 630. The van der Waals surface area contributed by atoms with Crippen molar-refractivity contribution < 1.29 is 13.5 Å². The molecule has 0 saturated carbocycles. The number of hydrogen-bond acceptors (Lipinski definition) is 3. The summed E-state index contributed by atoms with van der Waals surface area (Å²) in [6.45, 7) is -0.00915. The minimum absolute atomic E-state index is 0.00915. The van der Waals surface area contributed by atoms with E-state index in [2.05, 4.69) is 0 Å². The van der Waals surface area contributed by atoms with Gasteiger partial charge >= 0.3 is 0 Å². The first-order valence-electron chi connectivity index (χ1n) is 5.46. The van der Waals surface area contributed by atoms with Crippen molar-refractivity contribution in [3.8, 4) is 11.8 Å². The Balaban J connectivity index is 2.12. The molecule has 0 amide bonds. The smallest absolute Gasteiger partial charge is 0.142 e. The van der Waals surface area contributed by atoms with E-state index in [1.807, 2.05) is 6.07 Å². The van der Waals surface area contributed by atoms with Crippen LogP contribution in [0.3, 0.4) is 0 Å². The van der Waals surface area contributed by atoms with Crippen LogP contribution in [0.2, 0.25) is 0 Å². The van der Waals surface area contributed by atoms with Crippen LogP contribution in [0.5, 0.6) is 5.75 Å². The summed E-state index contributed by atoms with van der Waals surface area (Å²) >= 11 is 0. The predicted octanol–water partition coefficient (Wildman–Crippen LogP) is 3.00. The highest BCUT2D eigenvalue weighted by Crippen LogP contribution is 2.23. The van der Waals surface area contributed by atoms with E-state index in [-0.39, 0.29) is 6.61 Å². The summed E-state index contributed by atoms with van der Waals surface area (Å²) in [7, 11) is 0. The van der Waals surface area contributed by atoms with Crippen LogP contribution in [-0.4, -0.2) is 0 Å². The molecular weight excluding hydrogens is 250 g/mol. The molecule has 3 nitrogen and oxygen atoms in total. The van der Waals surface area contributed by atoms with Crippen LogP contribution in [0.1, 0.15) is 11.1 Å². The maximum absolute atomic E-state index is 13.0. The van der Waals surface area contributed by atoms with Crippen molar-refractivity contribution in [1.82, 2.24) is 0 Å². The summed E-state index contributed by atoms with van der Waals surface area (Å²) in [6, 6.07) is 9.68. The molecule has 0 aliphatic rings. The Morgan fingerprint density at radius 1 is 1.11 bits per heavy atom. The number of nitrogens with zero attached hydrogens (tertiary/aromatic N) is 1. The van der Waals surface area contributed by atoms with Crippen molar-refractivity contribution in [2.45, 2.75) is 6.61 Å². The standard InChI is InChI=1S/C14H10F2N2O/c15-11-3-10(4-12(16)6-11)8-19-14-2-1-9(7-17)5-13(14)18/h1-6H,8,18H2. The van der Waals surface area contributed by atoms with Gasteiger partial charge in [-0.3, -0.25) is 0 Å². The summed E-state index contributed by atoms with van der Waals surface area (Å²) in [5.74, 6) is -0.957. The van der Waals surface area contributed by atoms with E-state index in [1.54, 1.807) is 12.1 Å². The third-order valence-corrected chi connectivity index (χ3v) is 2.46. The van der Waals surface area contributed by atoms with Crippen LogP contribution in [0.4, 0.5) is 14.5 Å². The maximum atomic E-state index is 13.0. The molecule has 0 heterocycles. The first-order valence-corrected chi connectivity index (χ1v) is 5.46. The fourth-order valence-electron chi connectivity index (χ4n) is 1.60. The fraction of sp³-hybridized carbons (Fsp3) is 0.0714. The predicted molar refractivity (Wildman–Crippen MR) is 66.3 cm³/mol. The number of ether oxygens (including phenoxy) is 1. The third-order valence-electron chi connectivity index (χ3n) is 2.46. The van der Waals surface area contributed by atoms with E-state index in [1.165, 1.54) is 18.2 Å². The van der Waals surface area contributed by atoms with Crippen LogP contribution < -0.4 is 10.5 Å².